The average Bonchev–Trinajstić information content (AvgIpc) is 2.80. The first-order valence-electron chi connectivity index (χ1n) is 4.69. The van der Waals surface area contributed by atoms with E-state index >= 15 is 0 Å². The Kier molecular flexibility index (Phi) is 1.94. The Balaban J connectivity index is 1.99. The van der Waals surface area contributed by atoms with Crippen LogP contribution in [0.4, 0.5) is 0 Å². The van der Waals surface area contributed by atoms with E-state index in [9.17, 15) is 13.5 Å². The van der Waals surface area contributed by atoms with E-state index in [2.05, 4.69) is 0 Å². The van der Waals surface area contributed by atoms with Crippen LogP contribution in [0.15, 0.2) is 0 Å². The van der Waals surface area contributed by atoms with Gasteiger partial charge in [-0.05, 0) is 19.3 Å². The van der Waals surface area contributed by atoms with Gasteiger partial charge in [-0.25, -0.2) is 8.42 Å². The molecule has 4 nitrogen and oxygen atoms in total. The highest BCUT2D eigenvalue weighted by atomic mass is 32.2. The van der Waals surface area contributed by atoms with Crippen molar-refractivity contribution < 1.29 is 13.5 Å². The first kappa shape index (κ1) is 9.43. The van der Waals surface area contributed by atoms with Crippen molar-refractivity contribution in [3.63, 3.8) is 0 Å². The predicted molar refractivity (Wildman–Crippen MR) is 48.8 cm³/mol. The van der Waals surface area contributed by atoms with E-state index in [-0.39, 0.29) is 5.25 Å². The zero-order valence-corrected chi connectivity index (χ0v) is 8.55. The van der Waals surface area contributed by atoms with Crippen LogP contribution in [0.3, 0.4) is 0 Å². The third-order valence-corrected chi connectivity index (χ3v) is 5.20. The molecule has 2 rings (SSSR count). The number of aliphatic hydroxyl groups is 1. The van der Waals surface area contributed by atoms with Crippen LogP contribution in [0.5, 0.6) is 0 Å². The molecule has 1 saturated heterocycles. The lowest BCUT2D eigenvalue weighted by Gasteiger charge is -2.45. The first-order valence-corrected chi connectivity index (χ1v) is 6.20. The highest BCUT2D eigenvalue weighted by molar-refractivity contribution is 7.90. The third-order valence-electron chi connectivity index (χ3n) is 2.90. The van der Waals surface area contributed by atoms with Gasteiger partial charge in [-0.1, -0.05) is 6.92 Å². The molecule has 0 aromatic carbocycles. The number of sulfonamides is 1. The lowest BCUT2D eigenvalue weighted by atomic mass is 9.94. The quantitative estimate of drug-likeness (QED) is 0.702. The van der Waals surface area contributed by atoms with Gasteiger partial charge in [-0.15, -0.1) is 0 Å². The minimum absolute atomic E-state index is 0.145. The van der Waals surface area contributed by atoms with Crippen LogP contribution in [-0.4, -0.2) is 41.8 Å². The summed E-state index contributed by atoms with van der Waals surface area (Å²) in [4.78, 5) is 0. The minimum atomic E-state index is -3.04. The maximum absolute atomic E-state index is 11.6. The number of β-amino-alcohol motifs (C(OH)–C–C–N with tert-alkyl or cyclic N) is 1. The van der Waals surface area contributed by atoms with Crippen molar-refractivity contribution in [3.05, 3.63) is 0 Å². The van der Waals surface area contributed by atoms with E-state index in [0.717, 1.165) is 12.8 Å². The smallest absolute Gasteiger partial charge is 0.217 e. The molecule has 0 aromatic rings. The van der Waals surface area contributed by atoms with Gasteiger partial charge in [0.15, 0.2) is 0 Å². The molecule has 1 heterocycles. The molecule has 0 radical (unpaired) electrons. The maximum atomic E-state index is 11.6. The van der Waals surface area contributed by atoms with E-state index in [1.54, 1.807) is 0 Å². The molecule has 0 amide bonds. The van der Waals surface area contributed by atoms with Gasteiger partial charge in [0.25, 0.3) is 0 Å². The van der Waals surface area contributed by atoms with Crippen molar-refractivity contribution >= 4 is 10.0 Å². The summed E-state index contributed by atoms with van der Waals surface area (Å²) >= 11 is 0. The molecule has 2 fully saturated rings. The number of hydrogen-bond acceptors (Lipinski definition) is 3. The Hall–Kier alpha value is -0.130. The van der Waals surface area contributed by atoms with Crippen LogP contribution >= 0.6 is 0 Å². The fourth-order valence-electron chi connectivity index (χ4n) is 1.59. The Bertz CT molecular complexity index is 301. The van der Waals surface area contributed by atoms with Crippen molar-refractivity contribution in [2.45, 2.75) is 37.0 Å². The van der Waals surface area contributed by atoms with Crippen LogP contribution in [0, 0.1) is 0 Å². The lowest BCUT2D eigenvalue weighted by molar-refractivity contribution is -0.0614. The molecular formula is C8H15NO3S. The Morgan fingerprint density at radius 3 is 2.38 bits per heavy atom. The summed E-state index contributed by atoms with van der Waals surface area (Å²) in [7, 11) is -3.04. The number of hydrogen-bond donors (Lipinski definition) is 1. The van der Waals surface area contributed by atoms with E-state index in [0.29, 0.717) is 19.5 Å². The summed E-state index contributed by atoms with van der Waals surface area (Å²) in [6, 6.07) is 0. The van der Waals surface area contributed by atoms with Crippen LogP contribution in [-0.2, 0) is 10.0 Å². The van der Waals surface area contributed by atoms with E-state index in [1.165, 1.54) is 4.31 Å². The van der Waals surface area contributed by atoms with Gasteiger partial charge in [-0.3, -0.25) is 0 Å². The van der Waals surface area contributed by atoms with Gasteiger partial charge in [0.05, 0.1) is 10.9 Å². The minimum Gasteiger partial charge on any atom is -0.387 e. The van der Waals surface area contributed by atoms with Gasteiger partial charge in [-0.2, -0.15) is 4.31 Å². The van der Waals surface area contributed by atoms with Crippen molar-refractivity contribution in [1.29, 1.82) is 0 Å². The molecule has 1 aliphatic heterocycles. The van der Waals surface area contributed by atoms with Crippen molar-refractivity contribution in [3.8, 4) is 0 Å². The molecule has 76 valence electrons. The van der Waals surface area contributed by atoms with Crippen LogP contribution in [0.25, 0.3) is 0 Å². The molecule has 13 heavy (non-hydrogen) atoms. The summed E-state index contributed by atoms with van der Waals surface area (Å²) in [5, 5.41) is 9.50. The Morgan fingerprint density at radius 1 is 1.46 bits per heavy atom. The number of nitrogens with zero attached hydrogens (tertiary/aromatic N) is 1. The molecule has 2 aliphatic rings. The molecular weight excluding hydrogens is 190 g/mol. The van der Waals surface area contributed by atoms with Crippen molar-refractivity contribution in [2.75, 3.05) is 13.1 Å². The molecule has 1 N–H and O–H groups in total. The van der Waals surface area contributed by atoms with E-state index in [4.69, 9.17) is 0 Å². The van der Waals surface area contributed by atoms with Crippen molar-refractivity contribution in [1.82, 2.24) is 4.31 Å². The summed E-state index contributed by atoms with van der Waals surface area (Å²) in [5.74, 6) is 0. The fraction of sp³-hybridized carbons (Fsp3) is 1.00. The molecule has 0 spiro atoms. The maximum Gasteiger partial charge on any atom is 0.217 e. The summed E-state index contributed by atoms with van der Waals surface area (Å²) in [6.45, 7) is 2.46. The zero-order valence-electron chi connectivity index (χ0n) is 7.73. The normalized spacial score (nSPS) is 28.5. The molecule has 5 heteroatoms. The average molecular weight is 205 g/mol. The molecule has 0 aromatic heterocycles. The molecule has 0 bridgehead atoms. The summed E-state index contributed by atoms with van der Waals surface area (Å²) in [6.07, 6.45) is 2.22. The standard InChI is InChI=1S/C8H15NO3S/c1-2-8(10)5-9(6-8)13(11,12)7-3-4-7/h7,10H,2-6H2,1H3. The van der Waals surface area contributed by atoms with Crippen LogP contribution < -0.4 is 0 Å². The molecule has 0 unspecified atom stereocenters. The largest absolute Gasteiger partial charge is 0.387 e. The highest BCUT2D eigenvalue weighted by Gasteiger charge is 2.50. The first-order chi connectivity index (χ1) is 5.98. The number of rotatable bonds is 3. The van der Waals surface area contributed by atoms with Gasteiger partial charge >= 0.3 is 0 Å². The Labute approximate surface area is 78.6 Å². The fourth-order valence-corrected chi connectivity index (χ4v) is 3.58. The van der Waals surface area contributed by atoms with E-state index < -0.39 is 15.6 Å². The monoisotopic (exact) mass is 205 g/mol. The third kappa shape index (κ3) is 1.49. The van der Waals surface area contributed by atoms with E-state index in [1.807, 2.05) is 6.92 Å². The summed E-state index contributed by atoms with van der Waals surface area (Å²) < 4.78 is 24.6. The molecule has 0 atom stereocenters. The molecule has 1 aliphatic carbocycles. The second-order valence-corrected chi connectivity index (χ2v) is 6.30. The van der Waals surface area contributed by atoms with Gasteiger partial charge in [0.1, 0.15) is 0 Å². The van der Waals surface area contributed by atoms with Gasteiger partial charge < -0.3 is 5.11 Å². The second kappa shape index (κ2) is 2.68. The topological polar surface area (TPSA) is 57.6 Å². The Morgan fingerprint density at radius 2 is 2.00 bits per heavy atom. The van der Waals surface area contributed by atoms with Crippen LogP contribution in [0.1, 0.15) is 26.2 Å². The lowest BCUT2D eigenvalue weighted by Crippen LogP contribution is -2.63. The SMILES string of the molecule is CCC1(O)CN(S(=O)(=O)C2CC2)C1. The van der Waals surface area contributed by atoms with Crippen molar-refractivity contribution in [2.24, 2.45) is 0 Å². The second-order valence-electron chi connectivity index (χ2n) is 4.09. The highest BCUT2D eigenvalue weighted by Crippen LogP contribution is 2.36. The van der Waals surface area contributed by atoms with Gasteiger partial charge in [0, 0.05) is 13.1 Å². The van der Waals surface area contributed by atoms with Gasteiger partial charge in [0.2, 0.25) is 10.0 Å². The molecule has 1 saturated carbocycles. The summed E-state index contributed by atoms with van der Waals surface area (Å²) in [5.41, 5.74) is -0.748. The predicted octanol–water partition coefficient (Wildman–Crippen LogP) is -0.0647. The van der Waals surface area contributed by atoms with Crippen LogP contribution in [0.2, 0.25) is 0 Å². The zero-order chi connectivity index (χ0) is 9.69.